The molecule has 3 rings (SSSR count). The van der Waals surface area contributed by atoms with Crippen LogP contribution < -0.4 is 10.5 Å². The van der Waals surface area contributed by atoms with Crippen LogP contribution in [0.15, 0.2) is 30.3 Å². The second kappa shape index (κ2) is 6.02. The first-order chi connectivity index (χ1) is 10.2. The smallest absolute Gasteiger partial charge is 0.221 e. The van der Waals surface area contributed by atoms with Crippen molar-refractivity contribution >= 4 is 10.8 Å². The van der Waals surface area contributed by atoms with Gasteiger partial charge in [-0.05, 0) is 48.6 Å². The zero-order chi connectivity index (χ0) is 14.8. The number of benzene rings is 1. The largest absolute Gasteiger partial charge is 0.474 e. The van der Waals surface area contributed by atoms with Gasteiger partial charge in [-0.2, -0.15) is 0 Å². The molecule has 21 heavy (non-hydrogen) atoms. The minimum Gasteiger partial charge on any atom is -0.474 e. The number of aromatic nitrogens is 1. The second-order valence-corrected chi connectivity index (χ2v) is 6.50. The zero-order valence-electron chi connectivity index (χ0n) is 12.9. The zero-order valence-corrected chi connectivity index (χ0v) is 12.9. The molecule has 1 fully saturated rings. The molecule has 112 valence electrons. The highest BCUT2D eigenvalue weighted by Crippen LogP contribution is 2.33. The van der Waals surface area contributed by atoms with Crippen molar-refractivity contribution in [1.82, 2.24) is 4.98 Å². The van der Waals surface area contributed by atoms with Crippen LogP contribution >= 0.6 is 0 Å². The summed E-state index contributed by atoms with van der Waals surface area (Å²) in [6, 6.07) is 10.3. The summed E-state index contributed by atoms with van der Waals surface area (Å²) in [7, 11) is 0. The molecule has 0 radical (unpaired) electrons. The van der Waals surface area contributed by atoms with Crippen molar-refractivity contribution < 1.29 is 4.74 Å². The van der Waals surface area contributed by atoms with E-state index in [2.05, 4.69) is 31.0 Å². The molecule has 3 nitrogen and oxygen atoms in total. The van der Waals surface area contributed by atoms with E-state index in [4.69, 9.17) is 10.5 Å². The number of hydrogen-bond donors (Lipinski definition) is 1. The molecule has 0 aliphatic heterocycles. The van der Waals surface area contributed by atoms with Crippen LogP contribution in [0.25, 0.3) is 10.8 Å². The van der Waals surface area contributed by atoms with Crippen molar-refractivity contribution in [2.75, 3.05) is 0 Å². The SMILES string of the molecule is CC1CC(C)CC(Oc2nc(CN)cc3ccccc23)C1. The third-order valence-electron chi connectivity index (χ3n) is 4.38. The van der Waals surface area contributed by atoms with E-state index < -0.39 is 0 Å². The molecular formula is C18H24N2O. The van der Waals surface area contributed by atoms with E-state index in [9.17, 15) is 0 Å². The van der Waals surface area contributed by atoms with Crippen molar-refractivity contribution in [3.05, 3.63) is 36.0 Å². The first-order valence-corrected chi connectivity index (χ1v) is 7.91. The molecule has 1 aliphatic carbocycles. The third-order valence-corrected chi connectivity index (χ3v) is 4.38. The van der Waals surface area contributed by atoms with E-state index >= 15 is 0 Å². The summed E-state index contributed by atoms with van der Waals surface area (Å²) >= 11 is 0. The van der Waals surface area contributed by atoms with Gasteiger partial charge >= 0.3 is 0 Å². The van der Waals surface area contributed by atoms with Gasteiger partial charge in [0.1, 0.15) is 6.10 Å². The Morgan fingerprint density at radius 3 is 2.57 bits per heavy atom. The number of pyridine rings is 1. The minimum absolute atomic E-state index is 0.271. The van der Waals surface area contributed by atoms with Crippen molar-refractivity contribution in [2.45, 2.75) is 45.8 Å². The van der Waals surface area contributed by atoms with E-state index in [-0.39, 0.29) is 6.10 Å². The average Bonchev–Trinajstić information content (AvgIpc) is 2.46. The number of hydrogen-bond acceptors (Lipinski definition) is 3. The molecular weight excluding hydrogens is 260 g/mol. The Kier molecular flexibility index (Phi) is 4.11. The fourth-order valence-electron chi connectivity index (χ4n) is 3.54. The first kappa shape index (κ1) is 14.3. The highest BCUT2D eigenvalue weighted by atomic mass is 16.5. The van der Waals surface area contributed by atoms with Gasteiger partial charge in [-0.15, -0.1) is 0 Å². The fourth-order valence-corrected chi connectivity index (χ4v) is 3.54. The van der Waals surface area contributed by atoms with Crippen LogP contribution in [-0.2, 0) is 6.54 Å². The summed E-state index contributed by atoms with van der Waals surface area (Å²) in [5.74, 6) is 2.20. The Morgan fingerprint density at radius 2 is 1.86 bits per heavy atom. The number of ether oxygens (including phenoxy) is 1. The van der Waals surface area contributed by atoms with Crippen LogP contribution in [-0.4, -0.2) is 11.1 Å². The Labute approximate surface area is 126 Å². The lowest BCUT2D eigenvalue weighted by atomic mass is 9.82. The summed E-state index contributed by atoms with van der Waals surface area (Å²) in [6.07, 6.45) is 3.81. The predicted molar refractivity (Wildman–Crippen MR) is 86.2 cm³/mol. The molecule has 1 heterocycles. The molecule has 0 bridgehead atoms. The van der Waals surface area contributed by atoms with Gasteiger partial charge in [-0.1, -0.05) is 32.0 Å². The van der Waals surface area contributed by atoms with Crippen LogP contribution in [0, 0.1) is 11.8 Å². The van der Waals surface area contributed by atoms with Crippen molar-refractivity contribution in [1.29, 1.82) is 0 Å². The average molecular weight is 284 g/mol. The molecule has 3 heteroatoms. The van der Waals surface area contributed by atoms with Gasteiger partial charge in [0.2, 0.25) is 5.88 Å². The van der Waals surface area contributed by atoms with Gasteiger partial charge in [0.25, 0.3) is 0 Å². The van der Waals surface area contributed by atoms with Crippen molar-refractivity contribution in [2.24, 2.45) is 17.6 Å². The van der Waals surface area contributed by atoms with Gasteiger partial charge in [0, 0.05) is 11.9 Å². The fraction of sp³-hybridized carbons (Fsp3) is 0.500. The molecule has 1 aromatic carbocycles. The van der Waals surface area contributed by atoms with Gasteiger partial charge in [0.05, 0.1) is 5.69 Å². The summed E-state index contributed by atoms with van der Waals surface area (Å²) in [5.41, 5.74) is 6.66. The summed E-state index contributed by atoms with van der Waals surface area (Å²) in [4.78, 5) is 4.62. The van der Waals surface area contributed by atoms with Crippen LogP contribution in [0.2, 0.25) is 0 Å². The highest BCUT2D eigenvalue weighted by Gasteiger charge is 2.26. The summed E-state index contributed by atoms with van der Waals surface area (Å²) < 4.78 is 6.29. The lowest BCUT2D eigenvalue weighted by molar-refractivity contribution is 0.0981. The number of fused-ring (bicyclic) bond motifs is 1. The number of nitrogens with zero attached hydrogens (tertiary/aromatic N) is 1. The standard InChI is InChI=1S/C18H24N2O/c1-12-7-13(2)9-16(8-12)21-18-17-6-4-3-5-14(17)10-15(11-19)20-18/h3-6,10,12-13,16H,7-9,11,19H2,1-2H3. The second-order valence-electron chi connectivity index (χ2n) is 6.50. The van der Waals surface area contributed by atoms with Gasteiger partial charge in [-0.25, -0.2) is 4.98 Å². The van der Waals surface area contributed by atoms with Crippen LogP contribution in [0.1, 0.15) is 38.8 Å². The van der Waals surface area contributed by atoms with E-state index in [1.54, 1.807) is 0 Å². The molecule has 1 aromatic heterocycles. The molecule has 2 atom stereocenters. The van der Waals surface area contributed by atoms with Crippen LogP contribution in [0.4, 0.5) is 0 Å². The molecule has 2 N–H and O–H groups in total. The maximum atomic E-state index is 6.29. The molecule has 2 unspecified atom stereocenters. The van der Waals surface area contributed by atoms with E-state index in [1.165, 1.54) is 6.42 Å². The van der Waals surface area contributed by atoms with Gasteiger partial charge < -0.3 is 10.5 Å². The molecule has 0 saturated heterocycles. The van der Waals surface area contributed by atoms with Crippen molar-refractivity contribution in [3.8, 4) is 5.88 Å². The molecule has 2 aromatic rings. The summed E-state index contributed by atoms with van der Waals surface area (Å²) in [5, 5.41) is 2.24. The normalized spacial score (nSPS) is 26.0. The maximum Gasteiger partial charge on any atom is 0.221 e. The molecule has 0 spiro atoms. The van der Waals surface area contributed by atoms with E-state index in [0.29, 0.717) is 6.54 Å². The van der Waals surface area contributed by atoms with Crippen LogP contribution in [0.3, 0.4) is 0 Å². The predicted octanol–water partition coefficient (Wildman–Crippen LogP) is 3.90. The highest BCUT2D eigenvalue weighted by molar-refractivity contribution is 5.87. The lowest BCUT2D eigenvalue weighted by Gasteiger charge is -2.31. The van der Waals surface area contributed by atoms with E-state index in [1.807, 2.05) is 18.2 Å². The Balaban J connectivity index is 1.92. The summed E-state index contributed by atoms with van der Waals surface area (Å²) in [6.45, 7) is 5.07. The molecule has 1 saturated carbocycles. The van der Waals surface area contributed by atoms with Crippen LogP contribution in [0.5, 0.6) is 5.88 Å². The van der Waals surface area contributed by atoms with Gasteiger partial charge in [0.15, 0.2) is 0 Å². The quantitative estimate of drug-likeness (QED) is 0.930. The third kappa shape index (κ3) is 3.18. The maximum absolute atomic E-state index is 6.29. The number of nitrogens with two attached hydrogens (primary N) is 1. The Hall–Kier alpha value is -1.61. The molecule has 0 amide bonds. The minimum atomic E-state index is 0.271. The van der Waals surface area contributed by atoms with E-state index in [0.717, 1.165) is 47.0 Å². The first-order valence-electron chi connectivity index (χ1n) is 7.91. The van der Waals surface area contributed by atoms with Gasteiger partial charge in [-0.3, -0.25) is 0 Å². The Bertz CT molecular complexity index is 616. The monoisotopic (exact) mass is 284 g/mol. The topological polar surface area (TPSA) is 48.1 Å². The molecule has 1 aliphatic rings. The Morgan fingerprint density at radius 1 is 1.14 bits per heavy atom. The van der Waals surface area contributed by atoms with Crippen molar-refractivity contribution in [3.63, 3.8) is 0 Å². The number of rotatable bonds is 3. The lowest BCUT2D eigenvalue weighted by Crippen LogP contribution is -2.29.